The van der Waals surface area contributed by atoms with Crippen LogP contribution in [0.3, 0.4) is 0 Å². The largest absolute Gasteiger partial charge is 0.465 e. The van der Waals surface area contributed by atoms with Gasteiger partial charge in [-0.2, -0.15) is 0 Å². The zero-order valence-corrected chi connectivity index (χ0v) is 9.09. The Kier molecular flexibility index (Phi) is 2.51. The topological polar surface area (TPSA) is 95.5 Å². The number of nitrogens with zero attached hydrogens (tertiary/aromatic N) is 2. The van der Waals surface area contributed by atoms with Crippen LogP contribution in [0.15, 0.2) is 16.5 Å². The molecule has 0 saturated heterocycles. The highest BCUT2D eigenvalue weighted by atomic mass is 16.6. The molecular weight excluding hydrogens is 228 g/mol. The number of rotatable bonds is 2. The number of fused-ring (bicyclic) bond motifs is 1. The van der Waals surface area contributed by atoms with Gasteiger partial charge in [0, 0.05) is 19.1 Å². The highest BCUT2D eigenvalue weighted by Gasteiger charge is 2.23. The number of ether oxygens (including phenoxy) is 1. The molecule has 0 radical (unpaired) electrons. The van der Waals surface area contributed by atoms with Crippen LogP contribution in [0, 0.1) is 17.0 Å². The summed E-state index contributed by atoms with van der Waals surface area (Å²) in [5, 5.41) is 10.8. The number of nitro groups is 1. The maximum absolute atomic E-state index is 11.4. The van der Waals surface area contributed by atoms with Crippen molar-refractivity contribution in [3.63, 3.8) is 0 Å². The fourth-order valence-corrected chi connectivity index (χ4v) is 1.50. The molecule has 17 heavy (non-hydrogen) atoms. The molecule has 0 aliphatic rings. The summed E-state index contributed by atoms with van der Waals surface area (Å²) in [7, 11) is 1.15. The van der Waals surface area contributed by atoms with E-state index < -0.39 is 10.9 Å². The number of aryl methyl sites for hydroxylation is 1. The molecule has 0 aliphatic heterocycles. The third-order valence-electron chi connectivity index (χ3n) is 2.21. The summed E-state index contributed by atoms with van der Waals surface area (Å²) < 4.78 is 9.67. The third kappa shape index (κ3) is 1.82. The van der Waals surface area contributed by atoms with Gasteiger partial charge in [0.05, 0.1) is 12.0 Å². The molecule has 0 saturated carbocycles. The number of benzene rings is 1. The number of esters is 1. The van der Waals surface area contributed by atoms with Crippen LogP contribution < -0.4 is 0 Å². The van der Waals surface area contributed by atoms with E-state index in [4.69, 9.17) is 4.42 Å². The summed E-state index contributed by atoms with van der Waals surface area (Å²) in [6.45, 7) is 1.61. The van der Waals surface area contributed by atoms with E-state index in [9.17, 15) is 14.9 Å². The zero-order valence-electron chi connectivity index (χ0n) is 9.09. The van der Waals surface area contributed by atoms with E-state index in [0.29, 0.717) is 17.0 Å². The van der Waals surface area contributed by atoms with Gasteiger partial charge in [0.1, 0.15) is 11.1 Å². The van der Waals surface area contributed by atoms with Gasteiger partial charge >= 0.3 is 5.97 Å². The summed E-state index contributed by atoms with van der Waals surface area (Å²) in [5.41, 5.74) is 0.147. The number of carbonyl (C=O) groups excluding carboxylic acids is 1. The van der Waals surface area contributed by atoms with Crippen LogP contribution in [0.4, 0.5) is 5.69 Å². The van der Waals surface area contributed by atoms with Crippen LogP contribution in [-0.4, -0.2) is 23.0 Å². The highest BCUT2D eigenvalue weighted by molar-refractivity contribution is 5.98. The summed E-state index contributed by atoms with van der Waals surface area (Å²) >= 11 is 0. The average Bonchev–Trinajstić information content (AvgIpc) is 2.65. The SMILES string of the molecule is COC(=O)c1cc2oc(C)nc2cc1[N+](=O)[O-]. The van der Waals surface area contributed by atoms with E-state index >= 15 is 0 Å². The smallest absolute Gasteiger partial charge is 0.345 e. The van der Waals surface area contributed by atoms with Gasteiger partial charge in [-0.25, -0.2) is 9.78 Å². The lowest BCUT2D eigenvalue weighted by molar-refractivity contribution is -0.385. The van der Waals surface area contributed by atoms with Crippen molar-refractivity contribution in [3.05, 3.63) is 33.7 Å². The van der Waals surface area contributed by atoms with E-state index in [1.165, 1.54) is 12.1 Å². The Balaban J connectivity index is 2.74. The molecule has 7 heteroatoms. The average molecular weight is 236 g/mol. The highest BCUT2D eigenvalue weighted by Crippen LogP contribution is 2.26. The number of oxazole rings is 1. The monoisotopic (exact) mass is 236 g/mol. The quantitative estimate of drug-likeness (QED) is 0.448. The zero-order chi connectivity index (χ0) is 12.6. The van der Waals surface area contributed by atoms with Crippen LogP contribution in [0.2, 0.25) is 0 Å². The number of methoxy groups -OCH3 is 1. The van der Waals surface area contributed by atoms with Gasteiger partial charge < -0.3 is 9.15 Å². The van der Waals surface area contributed by atoms with E-state index in [0.717, 1.165) is 7.11 Å². The first-order chi connectivity index (χ1) is 8.02. The number of carbonyl (C=O) groups is 1. The van der Waals surface area contributed by atoms with Gasteiger partial charge in [0.15, 0.2) is 11.5 Å². The molecule has 0 unspecified atom stereocenters. The Labute approximate surface area is 95.1 Å². The molecule has 2 rings (SSSR count). The van der Waals surface area contributed by atoms with Crippen LogP contribution in [-0.2, 0) is 4.74 Å². The number of aromatic nitrogens is 1. The second-order valence-electron chi connectivity index (χ2n) is 3.32. The van der Waals surface area contributed by atoms with Crippen LogP contribution in [0.5, 0.6) is 0 Å². The molecule has 0 N–H and O–H groups in total. The summed E-state index contributed by atoms with van der Waals surface area (Å²) in [5.74, 6) is -0.413. The van der Waals surface area contributed by atoms with Gasteiger partial charge in [0.2, 0.25) is 0 Å². The number of hydrogen-bond donors (Lipinski definition) is 0. The first-order valence-electron chi connectivity index (χ1n) is 4.67. The summed E-state index contributed by atoms with van der Waals surface area (Å²) in [6, 6.07) is 2.46. The first kappa shape index (κ1) is 11.1. The van der Waals surface area contributed by atoms with Crippen LogP contribution >= 0.6 is 0 Å². The van der Waals surface area contributed by atoms with E-state index in [2.05, 4.69) is 9.72 Å². The molecule has 88 valence electrons. The third-order valence-corrected chi connectivity index (χ3v) is 2.21. The lowest BCUT2D eigenvalue weighted by atomic mass is 10.1. The molecule has 0 amide bonds. The minimum atomic E-state index is -0.785. The Hall–Kier alpha value is -2.44. The van der Waals surface area contributed by atoms with E-state index in [-0.39, 0.29) is 11.3 Å². The Morgan fingerprint density at radius 1 is 1.53 bits per heavy atom. The van der Waals surface area contributed by atoms with Crippen molar-refractivity contribution in [3.8, 4) is 0 Å². The van der Waals surface area contributed by atoms with Gasteiger partial charge in [0.25, 0.3) is 5.69 Å². The van der Waals surface area contributed by atoms with E-state index in [1.54, 1.807) is 6.92 Å². The Bertz CT molecular complexity index is 616. The Morgan fingerprint density at radius 2 is 2.24 bits per heavy atom. The lowest BCUT2D eigenvalue weighted by Gasteiger charge is -2.00. The molecule has 7 nitrogen and oxygen atoms in total. The second kappa shape index (κ2) is 3.85. The van der Waals surface area contributed by atoms with Crippen LogP contribution in [0.1, 0.15) is 16.2 Å². The van der Waals surface area contributed by atoms with Crippen molar-refractivity contribution in [2.75, 3.05) is 7.11 Å². The summed E-state index contributed by atoms with van der Waals surface area (Å²) in [4.78, 5) is 25.5. The maximum atomic E-state index is 11.4. The molecule has 2 aromatic rings. The fraction of sp³-hybridized carbons (Fsp3) is 0.200. The van der Waals surface area contributed by atoms with Gasteiger partial charge in [-0.05, 0) is 0 Å². The van der Waals surface area contributed by atoms with Crippen LogP contribution in [0.25, 0.3) is 11.1 Å². The van der Waals surface area contributed by atoms with Crippen molar-refractivity contribution >= 4 is 22.8 Å². The molecule has 0 bridgehead atoms. The first-order valence-corrected chi connectivity index (χ1v) is 4.67. The predicted octanol–water partition coefficient (Wildman–Crippen LogP) is 1.83. The van der Waals surface area contributed by atoms with Crippen molar-refractivity contribution in [1.82, 2.24) is 4.98 Å². The standard InChI is InChI=1S/C10H8N2O5/c1-5-11-7-4-8(12(14)15)6(10(13)16-2)3-9(7)17-5/h3-4H,1-2H3. The minimum absolute atomic E-state index is 0.152. The number of hydrogen-bond acceptors (Lipinski definition) is 6. The lowest BCUT2D eigenvalue weighted by Crippen LogP contribution is -2.05. The number of nitro benzene ring substituents is 1. The molecule has 1 aromatic heterocycles. The van der Waals surface area contributed by atoms with Gasteiger partial charge in [-0.15, -0.1) is 0 Å². The second-order valence-corrected chi connectivity index (χ2v) is 3.32. The van der Waals surface area contributed by atoms with Gasteiger partial charge in [-0.3, -0.25) is 10.1 Å². The molecule has 0 atom stereocenters. The normalized spacial score (nSPS) is 10.5. The van der Waals surface area contributed by atoms with E-state index in [1.807, 2.05) is 0 Å². The Morgan fingerprint density at radius 3 is 2.82 bits per heavy atom. The maximum Gasteiger partial charge on any atom is 0.345 e. The van der Waals surface area contributed by atoms with Crippen molar-refractivity contribution < 1.29 is 18.9 Å². The predicted molar refractivity (Wildman–Crippen MR) is 56.7 cm³/mol. The minimum Gasteiger partial charge on any atom is -0.465 e. The van der Waals surface area contributed by atoms with Crippen molar-refractivity contribution in [1.29, 1.82) is 0 Å². The molecule has 0 fully saturated rings. The fourth-order valence-electron chi connectivity index (χ4n) is 1.50. The molecule has 0 spiro atoms. The summed E-state index contributed by atoms with van der Waals surface area (Å²) in [6.07, 6.45) is 0. The molecule has 1 aromatic carbocycles. The van der Waals surface area contributed by atoms with Gasteiger partial charge in [-0.1, -0.05) is 0 Å². The van der Waals surface area contributed by atoms with Crippen molar-refractivity contribution in [2.45, 2.75) is 6.92 Å². The molecule has 0 aliphatic carbocycles. The molecule has 1 heterocycles. The van der Waals surface area contributed by atoms with Crippen molar-refractivity contribution in [2.24, 2.45) is 0 Å². The molecular formula is C10H8N2O5.